The Hall–Kier alpha value is -1.06. The third kappa shape index (κ3) is 3.71. The molecule has 0 spiro atoms. The van der Waals surface area contributed by atoms with E-state index in [-0.39, 0.29) is 5.56 Å². The molecular weight excluding hydrogens is 262 g/mol. The molecule has 1 fully saturated rings. The van der Waals surface area contributed by atoms with Gasteiger partial charge in [0.15, 0.2) is 0 Å². The molecule has 1 saturated heterocycles. The molecular formula is C15H20ClNO2. The largest absolute Gasteiger partial charge is 0.478 e. The van der Waals surface area contributed by atoms with Crippen LogP contribution >= 0.6 is 11.6 Å². The lowest BCUT2D eigenvalue weighted by Gasteiger charge is -2.31. The maximum Gasteiger partial charge on any atom is 0.335 e. The highest BCUT2D eigenvalue weighted by molar-refractivity contribution is 6.31. The standard InChI is InChI=1S/C15H20ClNO2/c1-2-11-5-7-17(8-6-11)10-13-4-3-12(15(18)19)9-14(13)16/h3-4,9,11H,2,5-8,10H2,1H3,(H,18,19). The van der Waals surface area contributed by atoms with Gasteiger partial charge in [-0.25, -0.2) is 4.79 Å². The molecule has 0 aromatic heterocycles. The van der Waals surface area contributed by atoms with Crippen molar-refractivity contribution < 1.29 is 9.90 Å². The smallest absolute Gasteiger partial charge is 0.335 e. The van der Waals surface area contributed by atoms with Crippen LogP contribution in [0.3, 0.4) is 0 Å². The van der Waals surface area contributed by atoms with E-state index < -0.39 is 5.97 Å². The zero-order valence-corrected chi connectivity index (χ0v) is 12.0. The van der Waals surface area contributed by atoms with Crippen LogP contribution in [0.4, 0.5) is 0 Å². The Labute approximate surface area is 119 Å². The fraction of sp³-hybridized carbons (Fsp3) is 0.533. The molecule has 0 unspecified atom stereocenters. The van der Waals surface area contributed by atoms with Crippen LogP contribution in [0.5, 0.6) is 0 Å². The van der Waals surface area contributed by atoms with Gasteiger partial charge in [-0.05, 0) is 49.5 Å². The third-order valence-corrected chi connectivity index (χ3v) is 4.33. The quantitative estimate of drug-likeness (QED) is 0.916. The molecule has 0 atom stereocenters. The van der Waals surface area contributed by atoms with Crippen LogP contribution < -0.4 is 0 Å². The molecule has 4 heteroatoms. The predicted molar refractivity (Wildman–Crippen MR) is 76.7 cm³/mol. The summed E-state index contributed by atoms with van der Waals surface area (Å²) in [6, 6.07) is 5.00. The molecule has 1 aliphatic rings. The minimum absolute atomic E-state index is 0.249. The van der Waals surface area contributed by atoms with E-state index in [1.54, 1.807) is 6.07 Å². The van der Waals surface area contributed by atoms with E-state index >= 15 is 0 Å². The van der Waals surface area contributed by atoms with Crippen molar-refractivity contribution in [1.82, 2.24) is 4.90 Å². The fourth-order valence-electron chi connectivity index (χ4n) is 2.60. The van der Waals surface area contributed by atoms with E-state index in [0.717, 1.165) is 31.1 Å². The van der Waals surface area contributed by atoms with Crippen molar-refractivity contribution >= 4 is 17.6 Å². The molecule has 1 aromatic carbocycles. The second kappa shape index (κ2) is 6.40. The monoisotopic (exact) mass is 281 g/mol. The van der Waals surface area contributed by atoms with E-state index in [9.17, 15) is 4.79 Å². The first-order valence-corrected chi connectivity index (χ1v) is 7.22. The van der Waals surface area contributed by atoms with E-state index in [4.69, 9.17) is 16.7 Å². The first-order chi connectivity index (χ1) is 9.10. The number of benzene rings is 1. The molecule has 3 nitrogen and oxygen atoms in total. The van der Waals surface area contributed by atoms with Gasteiger partial charge in [-0.1, -0.05) is 31.0 Å². The summed E-state index contributed by atoms with van der Waals surface area (Å²) < 4.78 is 0. The van der Waals surface area contributed by atoms with Crippen LogP contribution in [0.25, 0.3) is 0 Å². The first-order valence-electron chi connectivity index (χ1n) is 6.84. The van der Waals surface area contributed by atoms with E-state index in [1.807, 2.05) is 6.07 Å². The van der Waals surface area contributed by atoms with Crippen molar-refractivity contribution in [1.29, 1.82) is 0 Å². The Morgan fingerprint density at radius 3 is 2.63 bits per heavy atom. The second-order valence-corrected chi connectivity index (χ2v) is 5.65. The summed E-state index contributed by atoms with van der Waals surface area (Å²) in [5.41, 5.74) is 1.26. The number of hydrogen-bond acceptors (Lipinski definition) is 2. The number of piperidine rings is 1. The van der Waals surface area contributed by atoms with Crippen LogP contribution in [-0.2, 0) is 6.54 Å². The minimum Gasteiger partial charge on any atom is -0.478 e. The average Bonchev–Trinajstić information content (AvgIpc) is 2.41. The topological polar surface area (TPSA) is 40.5 Å². The summed E-state index contributed by atoms with van der Waals surface area (Å²) in [5.74, 6) is -0.0710. The maximum absolute atomic E-state index is 10.9. The third-order valence-electron chi connectivity index (χ3n) is 3.98. The van der Waals surface area contributed by atoms with Gasteiger partial charge in [-0.2, -0.15) is 0 Å². The van der Waals surface area contributed by atoms with Crippen LogP contribution in [0.2, 0.25) is 5.02 Å². The molecule has 1 N–H and O–H groups in total. The molecule has 1 aromatic rings. The van der Waals surface area contributed by atoms with Crippen molar-refractivity contribution in [2.45, 2.75) is 32.7 Å². The molecule has 0 saturated carbocycles. The fourth-order valence-corrected chi connectivity index (χ4v) is 2.84. The highest BCUT2D eigenvalue weighted by atomic mass is 35.5. The zero-order valence-electron chi connectivity index (χ0n) is 11.2. The Morgan fingerprint density at radius 2 is 2.11 bits per heavy atom. The number of halogens is 1. The lowest BCUT2D eigenvalue weighted by molar-refractivity contribution is 0.0697. The van der Waals surface area contributed by atoms with E-state index in [1.165, 1.54) is 25.3 Å². The number of likely N-dealkylation sites (tertiary alicyclic amines) is 1. The van der Waals surface area contributed by atoms with E-state index in [2.05, 4.69) is 11.8 Å². The Kier molecular flexibility index (Phi) is 4.83. The van der Waals surface area contributed by atoms with Crippen molar-refractivity contribution in [2.24, 2.45) is 5.92 Å². The van der Waals surface area contributed by atoms with Crippen molar-refractivity contribution in [3.05, 3.63) is 34.3 Å². The van der Waals surface area contributed by atoms with Gasteiger partial charge in [0.2, 0.25) is 0 Å². The van der Waals surface area contributed by atoms with Gasteiger partial charge in [-0.3, -0.25) is 4.90 Å². The van der Waals surface area contributed by atoms with Crippen LogP contribution in [0.15, 0.2) is 18.2 Å². The average molecular weight is 282 g/mol. The normalized spacial score (nSPS) is 17.6. The molecule has 19 heavy (non-hydrogen) atoms. The lowest BCUT2D eigenvalue weighted by Crippen LogP contribution is -2.33. The molecule has 0 radical (unpaired) electrons. The van der Waals surface area contributed by atoms with Gasteiger partial charge >= 0.3 is 5.97 Å². The van der Waals surface area contributed by atoms with Gasteiger partial charge in [0, 0.05) is 11.6 Å². The Morgan fingerprint density at radius 1 is 1.42 bits per heavy atom. The van der Waals surface area contributed by atoms with Crippen LogP contribution in [-0.4, -0.2) is 29.1 Å². The number of carbonyl (C=O) groups is 1. The van der Waals surface area contributed by atoms with Gasteiger partial charge in [-0.15, -0.1) is 0 Å². The number of aromatic carboxylic acids is 1. The highest BCUT2D eigenvalue weighted by Gasteiger charge is 2.18. The maximum atomic E-state index is 10.9. The number of nitrogens with zero attached hydrogens (tertiary/aromatic N) is 1. The Bertz CT molecular complexity index is 453. The van der Waals surface area contributed by atoms with Crippen molar-refractivity contribution in [3.8, 4) is 0 Å². The predicted octanol–water partition coefficient (Wildman–Crippen LogP) is 3.66. The van der Waals surface area contributed by atoms with Crippen molar-refractivity contribution in [3.63, 3.8) is 0 Å². The molecule has 0 bridgehead atoms. The summed E-state index contributed by atoms with van der Waals surface area (Å²) >= 11 is 6.16. The summed E-state index contributed by atoms with van der Waals surface area (Å²) in [6.07, 6.45) is 3.77. The molecule has 2 rings (SSSR count). The first kappa shape index (κ1) is 14.4. The van der Waals surface area contributed by atoms with Crippen LogP contribution in [0, 0.1) is 5.92 Å². The van der Waals surface area contributed by atoms with Gasteiger partial charge < -0.3 is 5.11 Å². The number of carboxylic acids is 1. The number of rotatable bonds is 4. The van der Waals surface area contributed by atoms with E-state index in [0.29, 0.717) is 5.02 Å². The summed E-state index contributed by atoms with van der Waals surface area (Å²) in [7, 11) is 0. The zero-order chi connectivity index (χ0) is 13.8. The van der Waals surface area contributed by atoms with Gasteiger partial charge in [0.25, 0.3) is 0 Å². The lowest BCUT2D eigenvalue weighted by atomic mass is 9.94. The summed E-state index contributed by atoms with van der Waals surface area (Å²) in [5, 5.41) is 9.46. The van der Waals surface area contributed by atoms with Gasteiger partial charge in [0.1, 0.15) is 0 Å². The van der Waals surface area contributed by atoms with Gasteiger partial charge in [0.05, 0.1) is 5.56 Å². The molecule has 104 valence electrons. The summed E-state index contributed by atoms with van der Waals surface area (Å²) in [6.45, 7) is 5.28. The van der Waals surface area contributed by atoms with Crippen LogP contribution in [0.1, 0.15) is 42.1 Å². The molecule has 1 aliphatic heterocycles. The number of carboxylic acid groups (broad SMARTS) is 1. The molecule has 0 amide bonds. The Balaban J connectivity index is 1.98. The highest BCUT2D eigenvalue weighted by Crippen LogP contribution is 2.24. The molecule has 1 heterocycles. The second-order valence-electron chi connectivity index (χ2n) is 5.24. The molecule has 0 aliphatic carbocycles. The summed E-state index contributed by atoms with van der Waals surface area (Å²) in [4.78, 5) is 13.3. The number of hydrogen-bond donors (Lipinski definition) is 1. The minimum atomic E-state index is -0.933. The van der Waals surface area contributed by atoms with Crippen molar-refractivity contribution in [2.75, 3.05) is 13.1 Å². The SMILES string of the molecule is CCC1CCN(Cc2ccc(C(=O)O)cc2Cl)CC1.